The Balaban J connectivity index is 0.000000769. The highest BCUT2D eigenvalue weighted by atomic mass is 32.1. The summed E-state index contributed by atoms with van der Waals surface area (Å²) in [5, 5.41) is 27.7. The van der Waals surface area contributed by atoms with E-state index in [0.717, 1.165) is 30.5 Å². The minimum atomic E-state index is -0.651. The lowest BCUT2D eigenvalue weighted by Gasteiger charge is -2.41. The molecule has 1 amide bonds. The van der Waals surface area contributed by atoms with E-state index in [-0.39, 0.29) is 18.9 Å². The molecule has 0 atom stereocenters. The molecule has 1 aliphatic heterocycles. The Labute approximate surface area is 190 Å². The molecule has 4 N–H and O–H groups in total. The number of carboxylic acid groups (broad SMARTS) is 2. The first-order valence-corrected chi connectivity index (χ1v) is 10.6. The van der Waals surface area contributed by atoms with Gasteiger partial charge in [-0.25, -0.2) is 4.98 Å². The second kappa shape index (κ2) is 14.9. The number of methoxy groups -OCH3 is 1. The molecule has 0 aliphatic carbocycles. The fraction of sp³-hybridized carbons (Fsp3) is 0.526. The summed E-state index contributed by atoms with van der Waals surface area (Å²) in [5.74, 6) is 0.733. The highest BCUT2D eigenvalue weighted by Gasteiger charge is 2.41. The molecule has 1 fully saturated rings. The average molecular weight is 471 g/mol. The standard InChI is InChI=1S/C17H26N6O2S.2CH2O2/c1-22-8-3-14(21-22)20-17(16(24)19-6-11-25-2)4-9-23(10-5-17)13-15-18-7-12-26-15;2*2-1-3/h3,7-8,12H,4-6,9-11,13H2,1-2H3,(H,19,24)(H,20,21);2*1H,(H,2,3). The van der Waals surface area contributed by atoms with Crippen LogP contribution >= 0.6 is 11.3 Å². The highest BCUT2D eigenvalue weighted by Crippen LogP contribution is 2.28. The van der Waals surface area contributed by atoms with Crippen LogP contribution in [0.25, 0.3) is 0 Å². The number of piperidine rings is 1. The van der Waals surface area contributed by atoms with Gasteiger partial charge in [-0.1, -0.05) is 0 Å². The number of hydrogen-bond acceptors (Lipinski definition) is 9. The Bertz CT molecular complexity index is 786. The fourth-order valence-electron chi connectivity index (χ4n) is 3.19. The summed E-state index contributed by atoms with van der Waals surface area (Å²) >= 11 is 1.67. The van der Waals surface area contributed by atoms with Crippen molar-refractivity contribution in [2.24, 2.45) is 7.05 Å². The second-order valence-corrected chi connectivity index (χ2v) is 7.72. The van der Waals surface area contributed by atoms with Gasteiger partial charge in [0.15, 0.2) is 0 Å². The molecule has 13 heteroatoms. The molecule has 1 aliphatic rings. The van der Waals surface area contributed by atoms with Crippen molar-refractivity contribution in [1.82, 2.24) is 25.0 Å². The first kappa shape index (κ1) is 27.0. The Kier molecular flexibility index (Phi) is 12.6. The van der Waals surface area contributed by atoms with E-state index >= 15 is 0 Å². The van der Waals surface area contributed by atoms with Crippen LogP contribution in [0.15, 0.2) is 23.8 Å². The Morgan fingerprint density at radius 3 is 2.47 bits per heavy atom. The molecule has 0 radical (unpaired) electrons. The zero-order chi connectivity index (χ0) is 23.8. The molecule has 2 aromatic heterocycles. The summed E-state index contributed by atoms with van der Waals surface area (Å²) in [7, 11) is 3.50. The molecular weight excluding hydrogens is 440 g/mol. The first-order chi connectivity index (χ1) is 15.4. The Hall–Kier alpha value is -3.03. The molecule has 3 rings (SSSR count). The second-order valence-electron chi connectivity index (χ2n) is 6.74. The van der Waals surface area contributed by atoms with E-state index in [4.69, 9.17) is 24.5 Å². The number of aryl methyl sites for hydroxylation is 1. The number of hydrogen-bond donors (Lipinski definition) is 4. The summed E-state index contributed by atoms with van der Waals surface area (Å²) in [5.41, 5.74) is -0.651. The molecule has 12 nitrogen and oxygen atoms in total. The number of amides is 1. The molecule has 0 unspecified atom stereocenters. The zero-order valence-corrected chi connectivity index (χ0v) is 19.0. The van der Waals surface area contributed by atoms with Gasteiger partial charge in [0.1, 0.15) is 16.4 Å². The van der Waals surface area contributed by atoms with Gasteiger partial charge in [-0.2, -0.15) is 5.10 Å². The van der Waals surface area contributed by atoms with E-state index < -0.39 is 5.54 Å². The van der Waals surface area contributed by atoms with Crippen molar-refractivity contribution in [1.29, 1.82) is 0 Å². The van der Waals surface area contributed by atoms with Gasteiger partial charge in [0.05, 0.1) is 13.2 Å². The van der Waals surface area contributed by atoms with Gasteiger partial charge in [-0.15, -0.1) is 11.3 Å². The van der Waals surface area contributed by atoms with Gasteiger partial charge >= 0.3 is 0 Å². The van der Waals surface area contributed by atoms with Gasteiger partial charge < -0.3 is 25.6 Å². The molecule has 3 heterocycles. The topological polar surface area (TPSA) is 159 Å². The molecular formula is C19H30N6O6S. The number of carbonyl (C=O) groups is 3. The zero-order valence-electron chi connectivity index (χ0n) is 18.1. The molecule has 2 aromatic rings. The van der Waals surface area contributed by atoms with Gasteiger partial charge in [0.25, 0.3) is 12.9 Å². The quantitative estimate of drug-likeness (QED) is 0.316. The van der Waals surface area contributed by atoms with Gasteiger partial charge in [0, 0.05) is 57.6 Å². The molecule has 0 aromatic carbocycles. The normalized spacial score (nSPS) is 14.7. The summed E-state index contributed by atoms with van der Waals surface area (Å²) in [6, 6.07) is 1.89. The molecule has 1 saturated heterocycles. The number of nitrogens with one attached hydrogen (secondary N) is 2. The fourth-order valence-corrected chi connectivity index (χ4v) is 3.84. The van der Waals surface area contributed by atoms with Crippen molar-refractivity contribution in [3.63, 3.8) is 0 Å². The summed E-state index contributed by atoms with van der Waals surface area (Å²) in [6.45, 7) is 3.00. The van der Waals surface area contributed by atoms with Crippen LogP contribution in [-0.2, 0) is 32.7 Å². The molecule has 32 heavy (non-hydrogen) atoms. The lowest BCUT2D eigenvalue weighted by Crippen LogP contribution is -2.58. The van der Waals surface area contributed by atoms with Crippen LogP contribution in [0.1, 0.15) is 17.8 Å². The van der Waals surface area contributed by atoms with Crippen molar-refractivity contribution in [2.75, 3.05) is 38.7 Å². The number of ether oxygens (including phenoxy) is 1. The van der Waals surface area contributed by atoms with E-state index in [1.54, 1.807) is 23.1 Å². The van der Waals surface area contributed by atoms with Crippen LogP contribution in [0.2, 0.25) is 0 Å². The van der Waals surface area contributed by atoms with E-state index in [0.29, 0.717) is 26.0 Å². The van der Waals surface area contributed by atoms with Crippen LogP contribution < -0.4 is 10.6 Å². The van der Waals surface area contributed by atoms with Crippen molar-refractivity contribution < 1.29 is 29.3 Å². The van der Waals surface area contributed by atoms with E-state index in [2.05, 4.69) is 25.6 Å². The first-order valence-electron chi connectivity index (χ1n) is 9.76. The number of thiazole rings is 1. The molecule has 0 spiro atoms. The third kappa shape index (κ3) is 8.99. The number of rotatable bonds is 8. The SMILES string of the molecule is COCCNC(=O)C1(Nc2ccn(C)n2)CCN(Cc2nccs2)CC1.O=CO.O=CO. The van der Waals surface area contributed by atoms with Crippen LogP contribution in [0.4, 0.5) is 5.82 Å². The minimum absolute atomic E-state index is 0.00843. The monoisotopic (exact) mass is 470 g/mol. The third-order valence-electron chi connectivity index (χ3n) is 4.66. The van der Waals surface area contributed by atoms with E-state index in [1.807, 2.05) is 30.9 Å². The Morgan fingerprint density at radius 2 is 1.97 bits per heavy atom. The van der Waals surface area contributed by atoms with Gasteiger partial charge in [-0.3, -0.25) is 24.0 Å². The molecule has 0 bridgehead atoms. The van der Waals surface area contributed by atoms with Crippen LogP contribution in [-0.4, -0.2) is 87.6 Å². The van der Waals surface area contributed by atoms with Crippen molar-refractivity contribution in [3.8, 4) is 0 Å². The number of aromatic nitrogens is 3. The lowest BCUT2D eigenvalue weighted by atomic mass is 9.86. The summed E-state index contributed by atoms with van der Waals surface area (Å²) in [4.78, 5) is 36.4. The van der Waals surface area contributed by atoms with Crippen molar-refractivity contribution >= 4 is 36.0 Å². The number of anilines is 1. The van der Waals surface area contributed by atoms with Gasteiger partial charge in [-0.05, 0) is 12.8 Å². The number of carbonyl (C=O) groups excluding carboxylic acids is 1. The maximum Gasteiger partial charge on any atom is 0.290 e. The summed E-state index contributed by atoms with van der Waals surface area (Å²) in [6.07, 6.45) is 5.14. The maximum atomic E-state index is 12.9. The largest absolute Gasteiger partial charge is 0.483 e. The summed E-state index contributed by atoms with van der Waals surface area (Å²) < 4.78 is 6.78. The molecule has 178 valence electrons. The van der Waals surface area contributed by atoms with Crippen molar-refractivity contribution in [2.45, 2.75) is 24.9 Å². The predicted octanol–water partition coefficient (Wildman–Crippen LogP) is 0.488. The van der Waals surface area contributed by atoms with Crippen molar-refractivity contribution in [3.05, 3.63) is 28.8 Å². The average Bonchev–Trinajstić information content (AvgIpc) is 3.42. The maximum absolute atomic E-state index is 12.9. The number of nitrogens with zero attached hydrogens (tertiary/aromatic N) is 4. The number of likely N-dealkylation sites (tertiary alicyclic amines) is 1. The molecule has 0 saturated carbocycles. The van der Waals surface area contributed by atoms with Crippen LogP contribution in [0.5, 0.6) is 0 Å². The minimum Gasteiger partial charge on any atom is -0.483 e. The predicted molar refractivity (Wildman–Crippen MR) is 118 cm³/mol. The van der Waals surface area contributed by atoms with Gasteiger partial charge in [0.2, 0.25) is 5.91 Å². The lowest BCUT2D eigenvalue weighted by molar-refractivity contribution is -0.127. The van der Waals surface area contributed by atoms with E-state index in [1.165, 1.54) is 0 Å². The Morgan fingerprint density at radius 1 is 1.31 bits per heavy atom. The van der Waals surface area contributed by atoms with E-state index in [9.17, 15) is 4.79 Å². The highest BCUT2D eigenvalue weighted by molar-refractivity contribution is 7.09. The third-order valence-corrected chi connectivity index (χ3v) is 5.42. The smallest absolute Gasteiger partial charge is 0.290 e. The van der Waals surface area contributed by atoms with Crippen LogP contribution in [0, 0.1) is 0 Å². The van der Waals surface area contributed by atoms with Crippen LogP contribution in [0.3, 0.4) is 0 Å².